The van der Waals surface area contributed by atoms with Gasteiger partial charge in [0.1, 0.15) is 23.1 Å². The van der Waals surface area contributed by atoms with E-state index in [4.69, 9.17) is 15.6 Å². The largest absolute Gasteiger partial charge is 0.444 e. The minimum Gasteiger partial charge on any atom is -0.444 e. The lowest BCUT2D eigenvalue weighted by Crippen LogP contribution is -2.41. The number of nitrogens with zero attached hydrogens (tertiary/aromatic N) is 4. The number of nitrogens with two attached hydrogens (primary N) is 1. The number of aromatic nitrogens is 2. The molecule has 2 N–H and O–H groups in total. The topological polar surface area (TPSA) is 97.2 Å². The Hall–Kier alpha value is -3.01. The van der Waals surface area contributed by atoms with Crippen molar-refractivity contribution in [3.8, 4) is 6.07 Å². The van der Waals surface area contributed by atoms with Crippen molar-refractivity contribution in [1.29, 1.82) is 5.26 Å². The number of ether oxygens (including phenoxy) is 1. The summed E-state index contributed by atoms with van der Waals surface area (Å²) in [5.41, 5.74) is 9.79. The summed E-state index contributed by atoms with van der Waals surface area (Å²) in [6, 6.07) is 10.7. The van der Waals surface area contributed by atoms with Gasteiger partial charge >= 0.3 is 6.09 Å². The fourth-order valence-corrected chi connectivity index (χ4v) is 4.75. The second-order valence-corrected chi connectivity index (χ2v) is 9.62. The maximum Gasteiger partial charge on any atom is 0.410 e. The van der Waals surface area contributed by atoms with Crippen LogP contribution in [0.5, 0.6) is 0 Å². The van der Waals surface area contributed by atoms with Gasteiger partial charge in [0, 0.05) is 12.5 Å². The van der Waals surface area contributed by atoms with Crippen LogP contribution < -0.4 is 5.73 Å². The SMILES string of the molecule is CC(C)(C)OC(=O)N1CCC[C@H]1Cn1nc(C2CCc3ccccc3C2)c(C#N)c1N. The number of amides is 1. The number of fused-ring (bicyclic) bond motifs is 1. The predicted octanol–water partition coefficient (Wildman–Crippen LogP) is 4.01. The summed E-state index contributed by atoms with van der Waals surface area (Å²) in [6.07, 6.45) is 4.29. The van der Waals surface area contributed by atoms with Gasteiger partial charge in [-0.05, 0) is 64.0 Å². The van der Waals surface area contributed by atoms with Crippen molar-refractivity contribution < 1.29 is 9.53 Å². The van der Waals surface area contributed by atoms with E-state index in [2.05, 4.69) is 30.3 Å². The van der Waals surface area contributed by atoms with Crippen LogP contribution >= 0.6 is 0 Å². The molecule has 0 saturated carbocycles. The number of rotatable bonds is 3. The molecule has 2 aliphatic rings. The van der Waals surface area contributed by atoms with Crippen molar-refractivity contribution >= 4 is 11.9 Å². The maximum atomic E-state index is 12.6. The number of hydrogen-bond acceptors (Lipinski definition) is 5. The molecule has 2 heterocycles. The number of benzene rings is 1. The first-order valence-corrected chi connectivity index (χ1v) is 11.1. The number of aryl methyl sites for hydroxylation is 1. The highest BCUT2D eigenvalue weighted by molar-refractivity contribution is 5.69. The zero-order valence-electron chi connectivity index (χ0n) is 18.6. The third-order valence-corrected chi connectivity index (χ3v) is 6.25. The molecule has 4 rings (SSSR count). The van der Waals surface area contributed by atoms with Gasteiger partial charge in [0.25, 0.3) is 0 Å². The van der Waals surface area contributed by atoms with Crippen LogP contribution in [0.4, 0.5) is 10.6 Å². The standard InChI is InChI=1S/C24H31N5O2/c1-24(2,3)31-23(30)28-12-6-9-19(28)15-29-22(26)20(14-25)21(27-29)18-11-10-16-7-4-5-8-17(16)13-18/h4-5,7-8,18-19H,6,9-13,15,26H2,1-3H3/t18?,19-/m0/s1. The lowest BCUT2D eigenvalue weighted by molar-refractivity contribution is 0.0212. The molecule has 0 bridgehead atoms. The number of likely N-dealkylation sites (tertiary alicyclic amines) is 1. The fourth-order valence-electron chi connectivity index (χ4n) is 4.75. The Morgan fingerprint density at radius 1 is 1.29 bits per heavy atom. The zero-order chi connectivity index (χ0) is 22.2. The van der Waals surface area contributed by atoms with Crippen molar-refractivity contribution in [3.63, 3.8) is 0 Å². The molecule has 1 aromatic heterocycles. The number of nitrogen functional groups attached to an aromatic ring is 1. The Bertz CT molecular complexity index is 1010. The van der Waals surface area contributed by atoms with E-state index in [1.165, 1.54) is 11.1 Å². The third kappa shape index (κ3) is 4.39. The number of anilines is 1. The van der Waals surface area contributed by atoms with Gasteiger partial charge in [-0.25, -0.2) is 9.48 Å². The highest BCUT2D eigenvalue weighted by Crippen LogP contribution is 2.35. The van der Waals surface area contributed by atoms with Gasteiger partial charge in [0.05, 0.1) is 18.3 Å². The second kappa shape index (κ2) is 8.26. The molecule has 7 nitrogen and oxygen atoms in total. The highest BCUT2D eigenvalue weighted by Gasteiger charge is 2.34. The van der Waals surface area contributed by atoms with Gasteiger partial charge in [-0.1, -0.05) is 24.3 Å². The molecule has 1 unspecified atom stereocenters. The first kappa shape index (κ1) is 21.2. The van der Waals surface area contributed by atoms with E-state index in [9.17, 15) is 10.1 Å². The Kier molecular flexibility index (Phi) is 5.65. The summed E-state index contributed by atoms with van der Waals surface area (Å²) in [4.78, 5) is 14.4. The van der Waals surface area contributed by atoms with E-state index in [1.807, 2.05) is 20.8 Å². The normalized spacial score (nSPS) is 20.9. The molecule has 1 aliphatic heterocycles. The predicted molar refractivity (Wildman–Crippen MR) is 119 cm³/mol. The van der Waals surface area contributed by atoms with Crippen LogP contribution in [0.3, 0.4) is 0 Å². The fraction of sp³-hybridized carbons (Fsp3) is 0.542. The van der Waals surface area contributed by atoms with Gasteiger partial charge in [0.15, 0.2) is 0 Å². The summed E-state index contributed by atoms with van der Waals surface area (Å²) >= 11 is 0. The van der Waals surface area contributed by atoms with Gasteiger partial charge in [-0.15, -0.1) is 0 Å². The number of nitriles is 1. The molecule has 0 spiro atoms. The Labute approximate surface area is 183 Å². The average molecular weight is 422 g/mol. The molecule has 1 saturated heterocycles. The van der Waals surface area contributed by atoms with Crippen molar-refractivity contribution in [1.82, 2.24) is 14.7 Å². The molecule has 1 amide bonds. The number of carbonyl (C=O) groups is 1. The first-order chi connectivity index (χ1) is 14.8. The minimum atomic E-state index is -0.534. The third-order valence-electron chi connectivity index (χ3n) is 6.25. The van der Waals surface area contributed by atoms with E-state index >= 15 is 0 Å². The smallest absolute Gasteiger partial charge is 0.410 e. The molecule has 2 aromatic rings. The van der Waals surface area contributed by atoms with Crippen LogP contribution in [0.1, 0.15) is 68.3 Å². The van der Waals surface area contributed by atoms with Crippen LogP contribution in [0.25, 0.3) is 0 Å². The molecule has 7 heteroatoms. The minimum absolute atomic E-state index is 0.0384. The lowest BCUT2D eigenvalue weighted by Gasteiger charge is -2.28. The quantitative estimate of drug-likeness (QED) is 0.808. The molecular weight excluding hydrogens is 390 g/mol. The van der Waals surface area contributed by atoms with Crippen LogP contribution in [-0.4, -0.2) is 39.0 Å². The van der Waals surface area contributed by atoms with Crippen LogP contribution in [-0.2, 0) is 24.1 Å². The molecule has 0 radical (unpaired) electrons. The average Bonchev–Trinajstić information content (AvgIpc) is 3.31. The van der Waals surface area contributed by atoms with Crippen LogP contribution in [0.2, 0.25) is 0 Å². The summed E-state index contributed by atoms with van der Waals surface area (Å²) in [5.74, 6) is 0.575. The Morgan fingerprint density at radius 2 is 2.03 bits per heavy atom. The Morgan fingerprint density at radius 3 is 2.74 bits per heavy atom. The van der Waals surface area contributed by atoms with Gasteiger partial charge < -0.3 is 15.4 Å². The lowest BCUT2D eigenvalue weighted by atomic mass is 9.81. The second-order valence-electron chi connectivity index (χ2n) is 9.62. The summed E-state index contributed by atoms with van der Waals surface area (Å²) < 4.78 is 7.30. The Balaban J connectivity index is 1.55. The molecule has 1 aliphatic carbocycles. The monoisotopic (exact) mass is 421 g/mol. The molecule has 31 heavy (non-hydrogen) atoms. The van der Waals surface area contributed by atoms with Crippen molar-refractivity contribution in [2.75, 3.05) is 12.3 Å². The van der Waals surface area contributed by atoms with E-state index in [0.29, 0.717) is 24.5 Å². The van der Waals surface area contributed by atoms with Gasteiger partial charge in [-0.2, -0.15) is 10.4 Å². The maximum absolute atomic E-state index is 12.6. The highest BCUT2D eigenvalue weighted by atomic mass is 16.6. The van der Waals surface area contributed by atoms with Gasteiger partial charge in [0.2, 0.25) is 0 Å². The summed E-state index contributed by atoms with van der Waals surface area (Å²) in [7, 11) is 0. The van der Waals surface area contributed by atoms with Crippen LogP contribution in [0.15, 0.2) is 24.3 Å². The van der Waals surface area contributed by atoms with Crippen molar-refractivity contribution in [2.45, 2.75) is 77.0 Å². The van der Waals surface area contributed by atoms with E-state index in [0.717, 1.165) is 37.8 Å². The summed E-state index contributed by atoms with van der Waals surface area (Å²) in [5, 5.41) is 14.6. The van der Waals surface area contributed by atoms with Crippen LogP contribution in [0, 0.1) is 11.3 Å². The zero-order valence-corrected chi connectivity index (χ0v) is 18.6. The molecule has 2 atom stereocenters. The van der Waals surface area contributed by atoms with E-state index in [1.54, 1.807) is 9.58 Å². The molecule has 164 valence electrons. The van der Waals surface area contributed by atoms with Gasteiger partial charge in [-0.3, -0.25) is 0 Å². The van der Waals surface area contributed by atoms with E-state index < -0.39 is 5.60 Å². The summed E-state index contributed by atoms with van der Waals surface area (Å²) in [6.45, 7) is 6.75. The molecular formula is C24H31N5O2. The van der Waals surface area contributed by atoms with E-state index in [-0.39, 0.29) is 18.1 Å². The van der Waals surface area contributed by atoms with Crippen molar-refractivity contribution in [3.05, 3.63) is 46.6 Å². The molecule has 1 aromatic carbocycles. The van der Waals surface area contributed by atoms with Crippen molar-refractivity contribution in [2.24, 2.45) is 0 Å². The first-order valence-electron chi connectivity index (χ1n) is 11.1. The number of carbonyl (C=O) groups excluding carboxylic acids is 1. The number of hydrogen-bond donors (Lipinski definition) is 1. The molecule has 1 fully saturated rings.